The standard InChI is InChI=1S/C23H34O6/c1-20-6-3-17-18(4-8-22(27)11-15(25)2-7-21(17,22)13-24)23(20,28)9-5-16(20)14-10-19(26)29-12-14/h10,13,15-19,25-28H,2-9,11-12H2,1H3. The van der Waals surface area contributed by atoms with Crippen LogP contribution in [0.2, 0.25) is 0 Å². The molecule has 9 atom stereocenters. The zero-order valence-corrected chi connectivity index (χ0v) is 17.2. The van der Waals surface area contributed by atoms with Crippen molar-refractivity contribution in [2.24, 2.45) is 28.6 Å². The molecule has 0 aromatic rings. The number of hydrogen-bond donors (Lipinski definition) is 4. The number of hydrogen-bond acceptors (Lipinski definition) is 6. The molecular formula is C23H34O6. The molecule has 4 aliphatic carbocycles. The number of fused-ring (bicyclic) bond motifs is 5. The third-order valence-corrected chi connectivity index (χ3v) is 9.94. The van der Waals surface area contributed by atoms with Crippen LogP contribution in [0.5, 0.6) is 0 Å². The van der Waals surface area contributed by atoms with E-state index in [9.17, 15) is 25.2 Å². The maximum Gasteiger partial charge on any atom is 0.174 e. The number of aldehydes is 1. The molecule has 6 nitrogen and oxygen atoms in total. The van der Waals surface area contributed by atoms with Gasteiger partial charge >= 0.3 is 0 Å². The number of carbonyl (C=O) groups is 1. The molecule has 0 bridgehead atoms. The number of ether oxygens (including phenoxy) is 1. The van der Waals surface area contributed by atoms with Crippen molar-refractivity contribution in [2.75, 3.05) is 6.61 Å². The van der Waals surface area contributed by atoms with Crippen molar-refractivity contribution in [3.63, 3.8) is 0 Å². The van der Waals surface area contributed by atoms with E-state index in [1.54, 1.807) is 6.08 Å². The van der Waals surface area contributed by atoms with E-state index in [4.69, 9.17) is 4.74 Å². The first-order valence-corrected chi connectivity index (χ1v) is 11.3. The quantitative estimate of drug-likeness (QED) is 0.411. The van der Waals surface area contributed by atoms with Crippen LogP contribution in [0.3, 0.4) is 0 Å². The van der Waals surface area contributed by atoms with Gasteiger partial charge in [0.1, 0.15) is 6.29 Å². The number of carbonyl (C=O) groups excluding carboxylic acids is 1. The second-order valence-electron chi connectivity index (χ2n) is 10.8. The maximum atomic E-state index is 12.5. The molecule has 5 rings (SSSR count). The van der Waals surface area contributed by atoms with Gasteiger partial charge in [-0.1, -0.05) is 6.92 Å². The Morgan fingerprint density at radius 1 is 1.03 bits per heavy atom. The molecule has 29 heavy (non-hydrogen) atoms. The van der Waals surface area contributed by atoms with Crippen LogP contribution in [0.25, 0.3) is 0 Å². The van der Waals surface area contributed by atoms with E-state index in [2.05, 4.69) is 6.92 Å². The van der Waals surface area contributed by atoms with Gasteiger partial charge in [0.2, 0.25) is 0 Å². The molecule has 0 spiro atoms. The highest BCUT2D eigenvalue weighted by molar-refractivity contribution is 5.64. The molecule has 0 aromatic heterocycles. The van der Waals surface area contributed by atoms with Crippen molar-refractivity contribution >= 4 is 6.29 Å². The fourth-order valence-corrected chi connectivity index (χ4v) is 8.42. The van der Waals surface area contributed by atoms with E-state index in [0.29, 0.717) is 38.7 Å². The van der Waals surface area contributed by atoms with Crippen molar-refractivity contribution in [2.45, 2.75) is 88.3 Å². The molecular weight excluding hydrogens is 372 g/mol. The minimum absolute atomic E-state index is 0.0280. The highest BCUT2D eigenvalue weighted by atomic mass is 16.6. The summed E-state index contributed by atoms with van der Waals surface area (Å²) in [5.41, 5.74) is -2.14. The van der Waals surface area contributed by atoms with Gasteiger partial charge in [0, 0.05) is 11.8 Å². The van der Waals surface area contributed by atoms with Crippen molar-refractivity contribution in [1.29, 1.82) is 0 Å². The molecule has 0 radical (unpaired) electrons. The summed E-state index contributed by atoms with van der Waals surface area (Å²) >= 11 is 0. The average Bonchev–Trinajstić information content (AvgIpc) is 3.21. The fourth-order valence-electron chi connectivity index (χ4n) is 8.42. The normalized spacial score (nSPS) is 56.9. The third kappa shape index (κ3) is 2.44. The Morgan fingerprint density at radius 2 is 1.79 bits per heavy atom. The van der Waals surface area contributed by atoms with E-state index in [0.717, 1.165) is 31.1 Å². The van der Waals surface area contributed by atoms with Crippen LogP contribution in [0.15, 0.2) is 11.6 Å². The molecule has 9 unspecified atom stereocenters. The summed E-state index contributed by atoms with van der Waals surface area (Å²) in [5, 5.41) is 43.6. The molecule has 162 valence electrons. The molecule has 0 amide bonds. The lowest BCUT2D eigenvalue weighted by molar-refractivity contribution is -0.248. The Labute approximate surface area is 172 Å². The molecule has 1 heterocycles. The van der Waals surface area contributed by atoms with Gasteiger partial charge in [-0.3, -0.25) is 0 Å². The first-order chi connectivity index (χ1) is 13.7. The van der Waals surface area contributed by atoms with E-state index in [-0.39, 0.29) is 29.6 Å². The minimum atomic E-state index is -1.17. The summed E-state index contributed by atoms with van der Waals surface area (Å²) in [5.74, 6) is 0.0917. The van der Waals surface area contributed by atoms with Crippen molar-refractivity contribution in [1.82, 2.24) is 0 Å². The summed E-state index contributed by atoms with van der Waals surface area (Å²) < 4.78 is 5.35. The lowest BCUT2D eigenvalue weighted by atomic mass is 9.41. The smallest absolute Gasteiger partial charge is 0.174 e. The lowest BCUT2D eigenvalue weighted by Gasteiger charge is -2.65. The fraction of sp³-hybridized carbons (Fsp3) is 0.870. The van der Waals surface area contributed by atoms with E-state index >= 15 is 0 Å². The predicted molar refractivity (Wildman–Crippen MR) is 105 cm³/mol. The average molecular weight is 407 g/mol. The first kappa shape index (κ1) is 20.1. The molecule has 1 aliphatic heterocycles. The van der Waals surface area contributed by atoms with Gasteiger partial charge in [-0.05, 0) is 80.8 Å². The van der Waals surface area contributed by atoms with Crippen molar-refractivity contribution < 1.29 is 30.0 Å². The Morgan fingerprint density at radius 3 is 2.48 bits per heavy atom. The number of aliphatic hydroxyl groups excluding tert-OH is 2. The van der Waals surface area contributed by atoms with Gasteiger partial charge in [0.25, 0.3) is 0 Å². The third-order valence-electron chi connectivity index (χ3n) is 9.94. The Hall–Kier alpha value is -0.790. The van der Waals surface area contributed by atoms with E-state index in [1.807, 2.05) is 0 Å². The highest BCUT2D eigenvalue weighted by Gasteiger charge is 2.71. The Bertz CT molecular complexity index is 737. The van der Waals surface area contributed by atoms with Crippen LogP contribution >= 0.6 is 0 Å². The van der Waals surface area contributed by atoms with Crippen LogP contribution in [0.1, 0.15) is 64.7 Å². The second kappa shape index (κ2) is 6.36. The van der Waals surface area contributed by atoms with Gasteiger partial charge in [-0.15, -0.1) is 0 Å². The van der Waals surface area contributed by atoms with Gasteiger partial charge in [-0.25, -0.2) is 0 Å². The minimum Gasteiger partial charge on any atom is -0.393 e. The summed E-state index contributed by atoms with van der Waals surface area (Å²) in [6.45, 7) is 2.59. The zero-order valence-electron chi connectivity index (χ0n) is 17.2. The van der Waals surface area contributed by atoms with Gasteiger partial charge in [-0.2, -0.15) is 0 Å². The number of aliphatic hydroxyl groups is 4. The highest BCUT2D eigenvalue weighted by Crippen LogP contribution is 2.70. The maximum absolute atomic E-state index is 12.5. The molecule has 4 saturated carbocycles. The molecule has 5 aliphatic rings. The zero-order chi connectivity index (χ0) is 20.7. The Balaban J connectivity index is 1.51. The topological polar surface area (TPSA) is 107 Å². The first-order valence-electron chi connectivity index (χ1n) is 11.3. The molecule has 0 saturated heterocycles. The van der Waals surface area contributed by atoms with Gasteiger partial charge < -0.3 is 30.0 Å². The van der Waals surface area contributed by atoms with Crippen LogP contribution in [-0.4, -0.2) is 56.9 Å². The van der Waals surface area contributed by atoms with Crippen LogP contribution < -0.4 is 0 Å². The van der Waals surface area contributed by atoms with Gasteiger partial charge in [0.15, 0.2) is 6.29 Å². The summed E-state index contributed by atoms with van der Waals surface area (Å²) in [4.78, 5) is 12.5. The Kier molecular flexibility index (Phi) is 4.42. The lowest BCUT2D eigenvalue weighted by Crippen LogP contribution is -2.68. The second-order valence-corrected chi connectivity index (χ2v) is 10.8. The predicted octanol–water partition coefficient (Wildman–Crippen LogP) is 1.69. The largest absolute Gasteiger partial charge is 0.393 e. The summed E-state index contributed by atoms with van der Waals surface area (Å²) in [6, 6.07) is 0. The SMILES string of the molecule is CC12CCC3C(CCC4(O)CC(O)CCC34C=O)C1(O)CCC2C1=CC(O)OC1. The van der Waals surface area contributed by atoms with Crippen molar-refractivity contribution in [3.8, 4) is 0 Å². The monoisotopic (exact) mass is 406 g/mol. The summed E-state index contributed by atoms with van der Waals surface area (Å²) in [6.07, 6.45) is 6.90. The van der Waals surface area contributed by atoms with E-state index in [1.165, 1.54) is 0 Å². The van der Waals surface area contributed by atoms with Crippen LogP contribution in [0, 0.1) is 28.6 Å². The molecule has 6 heteroatoms. The molecule has 4 fully saturated rings. The van der Waals surface area contributed by atoms with Crippen molar-refractivity contribution in [3.05, 3.63) is 11.6 Å². The molecule has 4 N–H and O–H groups in total. The molecule has 0 aromatic carbocycles. The van der Waals surface area contributed by atoms with Gasteiger partial charge in [0.05, 0.1) is 29.3 Å². The number of rotatable bonds is 2. The van der Waals surface area contributed by atoms with E-state index < -0.39 is 29.0 Å². The van der Waals surface area contributed by atoms with Crippen LogP contribution in [0.4, 0.5) is 0 Å². The van der Waals surface area contributed by atoms with Crippen LogP contribution in [-0.2, 0) is 9.53 Å². The summed E-state index contributed by atoms with van der Waals surface area (Å²) in [7, 11) is 0.